The van der Waals surface area contributed by atoms with Gasteiger partial charge in [0.05, 0.1) is 0 Å². The van der Waals surface area contributed by atoms with E-state index in [0.29, 0.717) is 6.54 Å². The highest BCUT2D eigenvalue weighted by Crippen LogP contribution is 1.93. The number of nitrogens with two attached hydrogens (primary N) is 1. The van der Waals surface area contributed by atoms with Crippen molar-refractivity contribution < 1.29 is 4.79 Å². The lowest BCUT2D eigenvalue weighted by Gasteiger charge is -2.09. The number of pyridine rings is 1. The molecule has 1 rings (SSSR count). The maximum Gasteiger partial charge on any atom is 0.260 e. The van der Waals surface area contributed by atoms with Crippen LogP contribution in [-0.4, -0.2) is 23.5 Å². The van der Waals surface area contributed by atoms with Crippen LogP contribution in [0.4, 0.5) is 0 Å². The van der Waals surface area contributed by atoms with Crippen LogP contribution in [0.5, 0.6) is 0 Å². The van der Waals surface area contributed by atoms with Crippen molar-refractivity contribution >= 4 is 5.91 Å². The molecule has 4 N–H and O–H groups in total. The maximum atomic E-state index is 11.6. The maximum absolute atomic E-state index is 11.6. The van der Waals surface area contributed by atoms with Crippen molar-refractivity contribution in [3.05, 3.63) is 33.7 Å². The molecule has 0 saturated heterocycles. The molecule has 0 aliphatic heterocycles. The van der Waals surface area contributed by atoms with E-state index in [2.05, 4.69) is 10.3 Å². The molecule has 88 valence electrons. The second kappa shape index (κ2) is 5.46. The van der Waals surface area contributed by atoms with Crippen LogP contribution < -0.4 is 16.6 Å². The van der Waals surface area contributed by atoms with E-state index in [4.69, 9.17) is 5.73 Å². The van der Waals surface area contributed by atoms with Gasteiger partial charge in [-0.25, -0.2) is 0 Å². The summed E-state index contributed by atoms with van der Waals surface area (Å²) in [5.41, 5.74) is 6.14. The van der Waals surface area contributed by atoms with Crippen molar-refractivity contribution in [2.24, 2.45) is 5.73 Å². The topological polar surface area (TPSA) is 88.0 Å². The molecule has 1 atom stereocenters. The molecule has 0 aromatic carbocycles. The molecule has 1 aromatic rings. The lowest BCUT2D eigenvalue weighted by Crippen LogP contribution is -2.38. The molecule has 1 unspecified atom stereocenters. The molecule has 0 radical (unpaired) electrons. The van der Waals surface area contributed by atoms with Crippen molar-refractivity contribution in [3.8, 4) is 0 Å². The second-order valence-corrected chi connectivity index (χ2v) is 3.76. The molecule has 0 aliphatic rings. The van der Waals surface area contributed by atoms with Gasteiger partial charge in [-0.3, -0.25) is 9.59 Å². The van der Waals surface area contributed by atoms with Gasteiger partial charge in [-0.1, -0.05) is 6.92 Å². The van der Waals surface area contributed by atoms with E-state index in [-0.39, 0.29) is 23.1 Å². The predicted octanol–water partition coefficient (Wildman–Crippen LogP) is 0.150. The van der Waals surface area contributed by atoms with E-state index in [0.717, 1.165) is 12.1 Å². The summed E-state index contributed by atoms with van der Waals surface area (Å²) in [5, 5.41) is 2.63. The van der Waals surface area contributed by atoms with Crippen molar-refractivity contribution in [1.29, 1.82) is 0 Å². The molecule has 0 fully saturated rings. The van der Waals surface area contributed by atoms with E-state index in [9.17, 15) is 9.59 Å². The van der Waals surface area contributed by atoms with Crippen molar-refractivity contribution in [2.75, 3.05) is 6.54 Å². The lowest BCUT2D eigenvalue weighted by molar-refractivity contribution is 0.0949. The second-order valence-electron chi connectivity index (χ2n) is 3.76. The van der Waals surface area contributed by atoms with Gasteiger partial charge in [0.2, 0.25) is 0 Å². The first-order valence-corrected chi connectivity index (χ1v) is 5.28. The summed E-state index contributed by atoms with van der Waals surface area (Å²) in [4.78, 5) is 25.6. The van der Waals surface area contributed by atoms with Gasteiger partial charge in [-0.05, 0) is 25.5 Å². The zero-order valence-corrected chi connectivity index (χ0v) is 9.54. The van der Waals surface area contributed by atoms with Crippen LogP contribution in [0.2, 0.25) is 0 Å². The molecule has 1 aromatic heterocycles. The van der Waals surface area contributed by atoms with Gasteiger partial charge in [-0.2, -0.15) is 0 Å². The number of aryl methyl sites for hydroxylation is 1. The van der Waals surface area contributed by atoms with Gasteiger partial charge < -0.3 is 16.0 Å². The van der Waals surface area contributed by atoms with Crippen molar-refractivity contribution in [1.82, 2.24) is 10.3 Å². The molecular weight excluding hydrogens is 206 g/mol. The van der Waals surface area contributed by atoms with Gasteiger partial charge in [0.25, 0.3) is 11.5 Å². The van der Waals surface area contributed by atoms with Crippen LogP contribution in [-0.2, 0) is 0 Å². The molecular formula is C11H17N3O2. The van der Waals surface area contributed by atoms with Crippen LogP contribution in [0.15, 0.2) is 16.9 Å². The summed E-state index contributed by atoms with van der Waals surface area (Å²) in [6.45, 7) is 4.08. The highest BCUT2D eigenvalue weighted by atomic mass is 16.2. The Balaban J connectivity index is 2.70. The summed E-state index contributed by atoms with van der Waals surface area (Å²) in [6, 6.07) is 3.13. The third kappa shape index (κ3) is 3.20. The lowest BCUT2D eigenvalue weighted by atomic mass is 10.2. The fraction of sp³-hybridized carbons (Fsp3) is 0.455. The third-order valence-corrected chi connectivity index (χ3v) is 2.35. The molecule has 16 heavy (non-hydrogen) atoms. The summed E-state index contributed by atoms with van der Waals surface area (Å²) in [6.07, 6.45) is 0.782. The van der Waals surface area contributed by atoms with Gasteiger partial charge in [0, 0.05) is 18.3 Å². The third-order valence-electron chi connectivity index (χ3n) is 2.35. The Hall–Kier alpha value is -1.62. The number of carbonyl (C=O) groups is 1. The number of nitrogens with one attached hydrogen (secondary N) is 2. The van der Waals surface area contributed by atoms with Gasteiger partial charge in [-0.15, -0.1) is 0 Å². The quantitative estimate of drug-likeness (QED) is 0.679. The highest BCUT2D eigenvalue weighted by Gasteiger charge is 2.10. The number of aromatic amines is 1. The van der Waals surface area contributed by atoms with Crippen molar-refractivity contribution in [3.63, 3.8) is 0 Å². The number of rotatable bonds is 4. The number of hydrogen-bond acceptors (Lipinski definition) is 3. The molecule has 0 aliphatic carbocycles. The van der Waals surface area contributed by atoms with Crippen molar-refractivity contribution in [2.45, 2.75) is 26.3 Å². The van der Waals surface area contributed by atoms with E-state index >= 15 is 0 Å². The van der Waals surface area contributed by atoms with E-state index in [1.807, 2.05) is 6.92 Å². The fourth-order valence-electron chi connectivity index (χ4n) is 1.21. The van der Waals surface area contributed by atoms with E-state index in [1.165, 1.54) is 6.07 Å². The Morgan fingerprint density at radius 2 is 2.25 bits per heavy atom. The van der Waals surface area contributed by atoms with Crippen LogP contribution in [0, 0.1) is 6.92 Å². The molecule has 1 amide bonds. The first-order valence-electron chi connectivity index (χ1n) is 5.28. The van der Waals surface area contributed by atoms with Crippen LogP contribution in [0.25, 0.3) is 0 Å². The minimum atomic E-state index is -0.384. The predicted molar refractivity (Wildman–Crippen MR) is 62.4 cm³/mol. The summed E-state index contributed by atoms with van der Waals surface area (Å²) in [5.74, 6) is -0.384. The Morgan fingerprint density at radius 1 is 1.56 bits per heavy atom. The molecule has 5 heteroatoms. The van der Waals surface area contributed by atoms with Gasteiger partial charge in [0.1, 0.15) is 5.56 Å². The number of H-pyrrole nitrogens is 1. The number of aromatic nitrogens is 1. The highest BCUT2D eigenvalue weighted by molar-refractivity contribution is 5.93. The fourth-order valence-corrected chi connectivity index (χ4v) is 1.21. The SMILES string of the molecule is CCC(N)CNC(=O)c1ccc(C)[nH]c1=O. The number of amides is 1. The summed E-state index contributed by atoms with van der Waals surface area (Å²) in [7, 11) is 0. The molecule has 1 heterocycles. The average molecular weight is 223 g/mol. The Labute approximate surface area is 94.1 Å². The zero-order valence-electron chi connectivity index (χ0n) is 9.54. The van der Waals surface area contributed by atoms with E-state index in [1.54, 1.807) is 13.0 Å². The standard InChI is InChI=1S/C11H17N3O2/c1-3-8(12)6-13-10(15)9-5-4-7(2)14-11(9)16/h4-5,8H,3,6,12H2,1-2H3,(H,13,15)(H,14,16). The average Bonchev–Trinajstić information content (AvgIpc) is 2.25. The molecule has 0 spiro atoms. The Morgan fingerprint density at radius 3 is 2.81 bits per heavy atom. The number of hydrogen-bond donors (Lipinski definition) is 3. The molecule has 5 nitrogen and oxygen atoms in total. The van der Waals surface area contributed by atoms with Crippen LogP contribution in [0.1, 0.15) is 29.4 Å². The normalized spacial score (nSPS) is 12.2. The minimum Gasteiger partial charge on any atom is -0.350 e. The summed E-state index contributed by atoms with van der Waals surface area (Å²) < 4.78 is 0. The van der Waals surface area contributed by atoms with Gasteiger partial charge >= 0.3 is 0 Å². The van der Waals surface area contributed by atoms with E-state index < -0.39 is 0 Å². The summed E-state index contributed by atoms with van der Waals surface area (Å²) >= 11 is 0. The largest absolute Gasteiger partial charge is 0.350 e. The zero-order chi connectivity index (χ0) is 12.1. The van der Waals surface area contributed by atoms with Crippen LogP contribution >= 0.6 is 0 Å². The van der Waals surface area contributed by atoms with Gasteiger partial charge in [0.15, 0.2) is 0 Å². The molecule has 0 bridgehead atoms. The minimum absolute atomic E-state index is 0.0755. The Bertz CT molecular complexity index is 425. The smallest absolute Gasteiger partial charge is 0.260 e. The first kappa shape index (κ1) is 12.4. The number of carbonyl (C=O) groups excluding carboxylic acids is 1. The first-order chi connectivity index (χ1) is 7.54. The van der Waals surface area contributed by atoms with Crippen LogP contribution in [0.3, 0.4) is 0 Å². The molecule has 0 saturated carbocycles. The Kier molecular flexibility index (Phi) is 4.25. The monoisotopic (exact) mass is 223 g/mol.